The van der Waals surface area contributed by atoms with Crippen LogP contribution in [0, 0.1) is 27.2 Å². The van der Waals surface area contributed by atoms with Gasteiger partial charge in [0.25, 0.3) is 11.4 Å². The van der Waals surface area contributed by atoms with Crippen LogP contribution in [0.25, 0.3) is 0 Å². The van der Waals surface area contributed by atoms with Crippen molar-refractivity contribution in [1.82, 2.24) is 5.32 Å². The van der Waals surface area contributed by atoms with Gasteiger partial charge in [0.2, 0.25) is 5.91 Å². The third kappa shape index (κ3) is 5.38. The van der Waals surface area contributed by atoms with E-state index in [9.17, 15) is 25.0 Å². The molecule has 0 bridgehead atoms. The minimum Gasteiger partial charge on any atom is -0.493 e. The highest BCUT2D eigenvalue weighted by molar-refractivity contribution is 5.86. The molecule has 0 fully saturated rings. The van der Waals surface area contributed by atoms with Crippen LogP contribution in [0.2, 0.25) is 0 Å². The first-order chi connectivity index (χ1) is 10.9. The van der Waals surface area contributed by atoms with Crippen LogP contribution in [0.15, 0.2) is 24.8 Å². The van der Waals surface area contributed by atoms with E-state index < -0.39 is 15.5 Å². The molecular weight excluding hydrogens is 306 g/mol. The molecule has 0 aliphatic rings. The van der Waals surface area contributed by atoms with Crippen molar-refractivity contribution in [3.63, 3.8) is 0 Å². The molecule has 1 rings (SSSR count). The number of nitro benzene ring substituents is 2. The molecule has 0 unspecified atom stereocenters. The van der Waals surface area contributed by atoms with Crippen LogP contribution in [-0.4, -0.2) is 28.9 Å². The van der Waals surface area contributed by atoms with E-state index >= 15 is 0 Å². The van der Waals surface area contributed by atoms with Gasteiger partial charge in [-0.15, -0.1) is 0 Å². The average molecular weight is 323 g/mol. The van der Waals surface area contributed by atoms with E-state index in [-0.39, 0.29) is 29.5 Å². The first-order valence-corrected chi connectivity index (χ1v) is 6.83. The Balaban J connectivity index is 2.65. The number of nitro groups is 2. The Kier molecular flexibility index (Phi) is 6.66. The maximum absolute atomic E-state index is 10.9. The Morgan fingerprint density at radius 1 is 1.30 bits per heavy atom. The molecule has 0 aliphatic carbocycles. The Morgan fingerprint density at radius 3 is 2.57 bits per heavy atom. The molecule has 0 spiro atoms. The van der Waals surface area contributed by atoms with Crippen molar-refractivity contribution < 1.29 is 19.4 Å². The Hall–Kier alpha value is -2.97. The number of carbonyl (C=O) groups is 1. The second kappa shape index (κ2) is 8.47. The summed E-state index contributed by atoms with van der Waals surface area (Å²) < 4.78 is 5.41. The van der Waals surface area contributed by atoms with Crippen LogP contribution < -0.4 is 10.1 Å². The minimum atomic E-state index is -0.704. The van der Waals surface area contributed by atoms with Crippen LogP contribution >= 0.6 is 0 Å². The summed E-state index contributed by atoms with van der Waals surface area (Å²) in [6, 6.07) is 2.08. The highest BCUT2D eigenvalue weighted by atomic mass is 16.6. The topological polar surface area (TPSA) is 125 Å². The Bertz CT molecular complexity index is 629. The van der Waals surface area contributed by atoms with Crippen molar-refractivity contribution in [3.05, 3.63) is 50.6 Å². The summed E-state index contributed by atoms with van der Waals surface area (Å²) in [6.45, 7) is 5.47. The number of hydrogen-bond donors (Lipinski definition) is 1. The Morgan fingerprint density at radius 2 is 2.00 bits per heavy atom. The maximum atomic E-state index is 10.9. The molecule has 1 amide bonds. The highest BCUT2D eigenvalue weighted by Gasteiger charge is 2.22. The van der Waals surface area contributed by atoms with Gasteiger partial charge >= 0.3 is 0 Å². The van der Waals surface area contributed by atoms with Crippen molar-refractivity contribution in [2.45, 2.75) is 19.8 Å². The van der Waals surface area contributed by atoms with Crippen LogP contribution in [0.3, 0.4) is 0 Å². The SMILES string of the molecule is C=CC(=O)NCCCCOc1cc([N+](=O)[O-])cc([N+](=O)[O-])c1C. The van der Waals surface area contributed by atoms with Crippen molar-refractivity contribution >= 4 is 17.3 Å². The fourth-order valence-corrected chi connectivity index (χ4v) is 1.80. The molecule has 0 aromatic heterocycles. The Labute approximate surface area is 132 Å². The van der Waals surface area contributed by atoms with Gasteiger partial charge < -0.3 is 10.1 Å². The number of hydrogen-bond acceptors (Lipinski definition) is 6. The van der Waals surface area contributed by atoms with Crippen LogP contribution in [0.4, 0.5) is 11.4 Å². The number of non-ortho nitro benzene ring substituents is 1. The summed E-state index contributed by atoms with van der Waals surface area (Å²) in [5.74, 6) is -0.155. The molecule has 23 heavy (non-hydrogen) atoms. The van der Waals surface area contributed by atoms with E-state index in [4.69, 9.17) is 4.74 Å². The van der Waals surface area contributed by atoms with Crippen molar-refractivity contribution in [2.24, 2.45) is 0 Å². The molecular formula is C14H17N3O6. The lowest BCUT2D eigenvalue weighted by Crippen LogP contribution is -2.22. The summed E-state index contributed by atoms with van der Waals surface area (Å²) in [7, 11) is 0. The summed E-state index contributed by atoms with van der Waals surface area (Å²) in [4.78, 5) is 31.3. The van der Waals surface area contributed by atoms with Crippen LogP contribution in [0.1, 0.15) is 18.4 Å². The maximum Gasteiger partial charge on any atom is 0.282 e. The monoisotopic (exact) mass is 323 g/mol. The number of ether oxygens (including phenoxy) is 1. The van der Waals surface area contributed by atoms with E-state index in [1.54, 1.807) is 0 Å². The molecule has 0 saturated carbocycles. The molecule has 9 nitrogen and oxygen atoms in total. The van der Waals surface area contributed by atoms with Gasteiger partial charge in [-0.25, -0.2) is 0 Å². The van der Waals surface area contributed by atoms with E-state index in [0.29, 0.717) is 19.4 Å². The minimum absolute atomic E-state index is 0.112. The molecule has 1 aromatic rings. The summed E-state index contributed by atoms with van der Waals surface area (Å²) >= 11 is 0. The van der Waals surface area contributed by atoms with Gasteiger partial charge in [-0.3, -0.25) is 25.0 Å². The van der Waals surface area contributed by atoms with E-state index in [0.717, 1.165) is 6.07 Å². The lowest BCUT2D eigenvalue weighted by molar-refractivity contribution is -0.394. The fraction of sp³-hybridized carbons (Fsp3) is 0.357. The molecule has 0 aliphatic heterocycles. The summed E-state index contributed by atoms with van der Waals surface area (Å²) in [5, 5.41) is 24.4. The predicted octanol–water partition coefficient (Wildman–Crippen LogP) is 2.27. The number of carbonyl (C=O) groups excluding carboxylic acids is 1. The lowest BCUT2D eigenvalue weighted by Gasteiger charge is -2.09. The van der Waals surface area contributed by atoms with E-state index in [1.807, 2.05) is 0 Å². The zero-order valence-corrected chi connectivity index (χ0v) is 12.6. The van der Waals surface area contributed by atoms with Gasteiger partial charge in [0.05, 0.1) is 34.1 Å². The number of amides is 1. The second-order valence-electron chi connectivity index (χ2n) is 4.65. The molecule has 1 N–H and O–H groups in total. The second-order valence-corrected chi connectivity index (χ2v) is 4.65. The predicted molar refractivity (Wildman–Crippen MR) is 82.4 cm³/mol. The number of nitrogens with zero attached hydrogens (tertiary/aromatic N) is 2. The lowest BCUT2D eigenvalue weighted by atomic mass is 10.1. The average Bonchev–Trinajstić information content (AvgIpc) is 2.51. The van der Waals surface area contributed by atoms with E-state index in [1.165, 1.54) is 19.1 Å². The largest absolute Gasteiger partial charge is 0.493 e. The van der Waals surface area contributed by atoms with Gasteiger partial charge in [0.1, 0.15) is 5.75 Å². The number of rotatable bonds is 9. The quantitative estimate of drug-likeness (QED) is 0.321. The van der Waals surface area contributed by atoms with Crippen molar-refractivity contribution in [2.75, 3.05) is 13.2 Å². The highest BCUT2D eigenvalue weighted by Crippen LogP contribution is 2.33. The normalized spacial score (nSPS) is 9.96. The van der Waals surface area contributed by atoms with Gasteiger partial charge in [-0.05, 0) is 25.8 Å². The molecule has 124 valence electrons. The zero-order chi connectivity index (χ0) is 17.4. The molecule has 0 atom stereocenters. The standard InChI is InChI=1S/C14H17N3O6/c1-3-14(18)15-6-4-5-7-23-13-9-11(16(19)20)8-12(10(13)2)17(21)22/h3,8-9H,1,4-7H2,2H3,(H,15,18). The molecule has 0 saturated heterocycles. The summed E-state index contributed by atoms with van der Waals surface area (Å²) in [6.07, 6.45) is 2.38. The van der Waals surface area contributed by atoms with Gasteiger partial charge in [0, 0.05) is 6.54 Å². The number of benzene rings is 1. The van der Waals surface area contributed by atoms with Crippen LogP contribution in [0.5, 0.6) is 5.75 Å². The zero-order valence-electron chi connectivity index (χ0n) is 12.6. The van der Waals surface area contributed by atoms with Crippen molar-refractivity contribution in [3.8, 4) is 5.75 Å². The molecule has 9 heteroatoms. The molecule has 0 heterocycles. The fourth-order valence-electron chi connectivity index (χ4n) is 1.80. The third-order valence-corrected chi connectivity index (χ3v) is 3.04. The van der Waals surface area contributed by atoms with Gasteiger partial charge in [0.15, 0.2) is 0 Å². The van der Waals surface area contributed by atoms with Crippen LogP contribution in [-0.2, 0) is 4.79 Å². The summed E-state index contributed by atoms with van der Waals surface area (Å²) in [5.41, 5.74) is -0.511. The number of nitrogens with one attached hydrogen (secondary N) is 1. The van der Waals surface area contributed by atoms with E-state index in [2.05, 4.69) is 11.9 Å². The van der Waals surface area contributed by atoms with Crippen molar-refractivity contribution in [1.29, 1.82) is 0 Å². The molecule has 1 aromatic carbocycles. The first-order valence-electron chi connectivity index (χ1n) is 6.83. The van der Waals surface area contributed by atoms with Gasteiger partial charge in [-0.1, -0.05) is 6.58 Å². The smallest absolute Gasteiger partial charge is 0.282 e. The molecule has 0 radical (unpaired) electrons. The third-order valence-electron chi connectivity index (χ3n) is 3.04. The first kappa shape index (κ1) is 18.1. The number of unbranched alkanes of at least 4 members (excludes halogenated alkanes) is 1. The van der Waals surface area contributed by atoms with Gasteiger partial charge in [-0.2, -0.15) is 0 Å².